The molecule has 1 aliphatic heterocycles. The van der Waals surface area contributed by atoms with Crippen molar-refractivity contribution in [2.24, 2.45) is 0 Å². The van der Waals surface area contributed by atoms with Crippen LogP contribution in [0.15, 0.2) is 41.1 Å². The number of carbonyl (C=O) groups is 1. The highest BCUT2D eigenvalue weighted by molar-refractivity contribution is 7.07. The van der Waals surface area contributed by atoms with Crippen molar-refractivity contribution in [3.8, 4) is 0 Å². The van der Waals surface area contributed by atoms with Crippen LogP contribution in [0.5, 0.6) is 0 Å². The second kappa shape index (κ2) is 7.03. The first-order valence-corrected chi connectivity index (χ1v) is 8.48. The number of likely N-dealkylation sites (tertiary alicyclic amines) is 1. The first-order valence-electron chi connectivity index (χ1n) is 7.54. The van der Waals surface area contributed by atoms with Crippen LogP contribution in [0.1, 0.15) is 34.8 Å². The topological polar surface area (TPSA) is 32.3 Å². The van der Waals surface area contributed by atoms with E-state index in [9.17, 15) is 9.18 Å². The summed E-state index contributed by atoms with van der Waals surface area (Å²) in [5.74, 6) is -0.482. The smallest absolute Gasteiger partial charge is 0.251 e. The van der Waals surface area contributed by atoms with Gasteiger partial charge in [0.15, 0.2) is 0 Å². The highest BCUT2D eigenvalue weighted by atomic mass is 32.1. The van der Waals surface area contributed by atoms with E-state index < -0.39 is 0 Å². The molecule has 0 bridgehead atoms. The highest BCUT2D eigenvalue weighted by Gasteiger charge is 2.24. The van der Waals surface area contributed by atoms with E-state index in [4.69, 9.17) is 0 Å². The number of hydrogen-bond acceptors (Lipinski definition) is 3. The Kier molecular flexibility index (Phi) is 4.85. The second-order valence-electron chi connectivity index (χ2n) is 5.53. The number of nitrogens with zero attached hydrogens (tertiary/aromatic N) is 1. The zero-order valence-corrected chi connectivity index (χ0v) is 13.1. The monoisotopic (exact) mass is 318 g/mol. The van der Waals surface area contributed by atoms with E-state index in [0.717, 1.165) is 13.1 Å². The maximum Gasteiger partial charge on any atom is 0.251 e. The molecule has 3 nitrogen and oxygen atoms in total. The largest absolute Gasteiger partial charge is 0.350 e. The third-order valence-corrected chi connectivity index (χ3v) is 4.77. The maximum absolute atomic E-state index is 12.9. The summed E-state index contributed by atoms with van der Waals surface area (Å²) in [5.41, 5.74) is 1.75. The molecule has 2 aromatic rings. The minimum absolute atomic E-state index is 0.153. The molecular formula is C17H19FN2OS. The zero-order chi connectivity index (χ0) is 15.4. The van der Waals surface area contributed by atoms with Gasteiger partial charge in [0.05, 0.1) is 6.04 Å². The Bertz CT molecular complexity index is 606. The number of carbonyl (C=O) groups excluding carboxylic acids is 1. The molecule has 1 fully saturated rings. The maximum atomic E-state index is 12.9. The lowest BCUT2D eigenvalue weighted by Crippen LogP contribution is -2.36. The quantitative estimate of drug-likeness (QED) is 0.916. The van der Waals surface area contributed by atoms with Crippen molar-refractivity contribution >= 4 is 17.2 Å². The van der Waals surface area contributed by atoms with Crippen LogP contribution >= 0.6 is 11.3 Å². The fraction of sp³-hybridized carbons (Fsp3) is 0.353. The molecule has 0 aliphatic carbocycles. The lowest BCUT2D eigenvalue weighted by Gasteiger charge is -2.27. The molecule has 0 spiro atoms. The molecule has 1 aliphatic rings. The molecule has 0 radical (unpaired) electrons. The van der Waals surface area contributed by atoms with Gasteiger partial charge in [-0.25, -0.2) is 4.39 Å². The first-order chi connectivity index (χ1) is 10.7. The summed E-state index contributed by atoms with van der Waals surface area (Å²) in [4.78, 5) is 14.6. The number of benzene rings is 1. The van der Waals surface area contributed by atoms with E-state index in [1.165, 1.54) is 42.7 Å². The third-order valence-electron chi connectivity index (χ3n) is 4.07. The fourth-order valence-corrected chi connectivity index (χ4v) is 3.58. The third kappa shape index (κ3) is 3.54. The summed E-state index contributed by atoms with van der Waals surface area (Å²) in [6.07, 6.45) is 2.43. The molecule has 1 aromatic heterocycles. The van der Waals surface area contributed by atoms with Gasteiger partial charge in [0.2, 0.25) is 0 Å². The Balaban J connectivity index is 1.66. The Labute approximate surface area is 133 Å². The van der Waals surface area contributed by atoms with Crippen molar-refractivity contribution in [2.45, 2.75) is 18.9 Å². The summed E-state index contributed by atoms with van der Waals surface area (Å²) in [7, 11) is 0. The lowest BCUT2D eigenvalue weighted by molar-refractivity contribution is 0.0938. The second-order valence-corrected chi connectivity index (χ2v) is 6.31. The van der Waals surface area contributed by atoms with Crippen molar-refractivity contribution in [1.29, 1.82) is 0 Å². The van der Waals surface area contributed by atoms with Gasteiger partial charge in [-0.15, -0.1) is 0 Å². The predicted molar refractivity (Wildman–Crippen MR) is 86.6 cm³/mol. The van der Waals surface area contributed by atoms with Crippen molar-refractivity contribution in [2.75, 3.05) is 19.6 Å². The number of thiophene rings is 1. The molecule has 116 valence electrons. The van der Waals surface area contributed by atoms with Gasteiger partial charge in [-0.2, -0.15) is 11.3 Å². The Hall–Kier alpha value is -1.72. The fourth-order valence-electron chi connectivity index (χ4n) is 2.87. The molecule has 1 N–H and O–H groups in total. The van der Waals surface area contributed by atoms with E-state index in [0.29, 0.717) is 12.1 Å². The summed E-state index contributed by atoms with van der Waals surface area (Å²) in [6.45, 7) is 2.73. The summed E-state index contributed by atoms with van der Waals surface area (Å²) < 4.78 is 12.9. The van der Waals surface area contributed by atoms with Gasteiger partial charge in [0.1, 0.15) is 5.82 Å². The van der Waals surface area contributed by atoms with Gasteiger partial charge in [0, 0.05) is 12.1 Å². The number of hydrogen-bond donors (Lipinski definition) is 1. The summed E-state index contributed by atoms with van der Waals surface area (Å²) >= 11 is 1.68. The van der Waals surface area contributed by atoms with Crippen molar-refractivity contribution in [1.82, 2.24) is 10.2 Å². The first kappa shape index (κ1) is 15.2. The number of amides is 1. The average Bonchev–Trinajstić information content (AvgIpc) is 3.22. The van der Waals surface area contributed by atoms with Crippen LogP contribution in [0.3, 0.4) is 0 Å². The minimum atomic E-state index is -0.329. The van der Waals surface area contributed by atoms with Crippen LogP contribution in [0.25, 0.3) is 0 Å². The number of halogens is 1. The van der Waals surface area contributed by atoms with E-state index >= 15 is 0 Å². The van der Waals surface area contributed by atoms with Crippen LogP contribution in [-0.4, -0.2) is 30.4 Å². The number of rotatable bonds is 5. The van der Waals surface area contributed by atoms with Gasteiger partial charge >= 0.3 is 0 Å². The molecule has 1 saturated heterocycles. The van der Waals surface area contributed by atoms with Gasteiger partial charge in [-0.05, 0) is 72.6 Å². The average molecular weight is 318 g/mol. The van der Waals surface area contributed by atoms with Crippen LogP contribution < -0.4 is 5.32 Å². The molecule has 0 saturated carbocycles. The van der Waals surface area contributed by atoms with E-state index in [2.05, 4.69) is 27.0 Å². The van der Waals surface area contributed by atoms with Crippen LogP contribution in [-0.2, 0) is 0 Å². The molecule has 3 rings (SSSR count). The van der Waals surface area contributed by atoms with Crippen molar-refractivity contribution in [3.05, 3.63) is 58.0 Å². The molecule has 2 heterocycles. The zero-order valence-electron chi connectivity index (χ0n) is 12.3. The molecule has 22 heavy (non-hydrogen) atoms. The molecular weight excluding hydrogens is 299 g/mol. The normalized spacial score (nSPS) is 16.6. The Morgan fingerprint density at radius 2 is 1.95 bits per heavy atom. The van der Waals surface area contributed by atoms with E-state index in [1.54, 1.807) is 11.3 Å². The molecule has 1 aromatic carbocycles. The Morgan fingerprint density at radius 1 is 1.23 bits per heavy atom. The van der Waals surface area contributed by atoms with Crippen LogP contribution in [0.4, 0.5) is 4.39 Å². The predicted octanol–water partition coefficient (Wildman–Crippen LogP) is 3.45. The van der Waals surface area contributed by atoms with Crippen molar-refractivity contribution < 1.29 is 9.18 Å². The lowest BCUT2D eigenvalue weighted by atomic mass is 10.1. The molecule has 1 atom stereocenters. The summed E-state index contributed by atoms with van der Waals surface area (Å²) in [5, 5.41) is 7.20. The molecule has 1 unspecified atom stereocenters. The van der Waals surface area contributed by atoms with E-state index in [-0.39, 0.29) is 17.8 Å². The summed E-state index contributed by atoms with van der Waals surface area (Å²) in [6, 6.07) is 7.99. The van der Waals surface area contributed by atoms with E-state index in [1.807, 2.05) is 0 Å². The Morgan fingerprint density at radius 3 is 2.59 bits per heavy atom. The van der Waals surface area contributed by atoms with Gasteiger partial charge in [0.25, 0.3) is 5.91 Å². The van der Waals surface area contributed by atoms with Crippen LogP contribution in [0.2, 0.25) is 0 Å². The van der Waals surface area contributed by atoms with Gasteiger partial charge < -0.3 is 5.32 Å². The number of nitrogens with one attached hydrogen (secondary N) is 1. The minimum Gasteiger partial charge on any atom is -0.350 e. The molecule has 1 amide bonds. The molecule has 5 heteroatoms. The SMILES string of the molecule is O=C(NCC(c1ccsc1)N1CCCC1)c1ccc(F)cc1. The van der Waals surface area contributed by atoms with Gasteiger partial charge in [-0.1, -0.05) is 0 Å². The van der Waals surface area contributed by atoms with Gasteiger partial charge in [-0.3, -0.25) is 9.69 Å². The van der Waals surface area contributed by atoms with Crippen LogP contribution in [0, 0.1) is 5.82 Å². The standard InChI is InChI=1S/C17H19FN2OS/c18-15-5-3-13(4-6-15)17(21)19-11-16(14-7-10-22-12-14)20-8-1-2-9-20/h3-7,10,12,16H,1-2,8-9,11H2,(H,19,21). The highest BCUT2D eigenvalue weighted by Crippen LogP contribution is 2.26. The van der Waals surface area contributed by atoms with Crippen molar-refractivity contribution in [3.63, 3.8) is 0 Å².